The lowest BCUT2D eigenvalue weighted by molar-refractivity contribution is -0.147. The molecule has 4 atom stereocenters. The number of esters is 2. The van der Waals surface area contributed by atoms with Crippen molar-refractivity contribution >= 4 is 23.4 Å². The van der Waals surface area contributed by atoms with Crippen molar-refractivity contribution in [3.05, 3.63) is 70.7 Å². The minimum Gasteiger partial charge on any atom is -0.507 e. The Morgan fingerprint density at radius 1 is 0.870 bits per heavy atom. The van der Waals surface area contributed by atoms with E-state index in [9.17, 15) is 34.8 Å². The summed E-state index contributed by atoms with van der Waals surface area (Å²) in [4.78, 5) is 40.4. The normalized spacial score (nSPS) is 16.5. The highest BCUT2D eigenvalue weighted by Crippen LogP contribution is 2.31. The Bertz CT molecular complexity index is 1350. The molecule has 0 radical (unpaired) electrons. The molecule has 0 bridgehead atoms. The fourth-order valence-electron chi connectivity index (χ4n) is 5.71. The molecule has 1 aliphatic heterocycles. The average Bonchev–Trinajstić information content (AvgIpc) is 3.33. The highest BCUT2D eigenvalue weighted by Gasteiger charge is 2.40. The molecule has 10 heteroatoms. The SMILES string of the molecule is CCCCC(CC)CN(CC(CC)CCCC)c1ccc(C(=O)c2ccccc2C(=O)OCC(O)C2OC(=O)C(O)=C2O)c(O)c1. The van der Waals surface area contributed by atoms with Gasteiger partial charge in [-0.15, -0.1) is 0 Å². The summed E-state index contributed by atoms with van der Waals surface area (Å²) >= 11 is 0. The van der Waals surface area contributed by atoms with Crippen LogP contribution in [-0.4, -0.2) is 70.1 Å². The van der Waals surface area contributed by atoms with Gasteiger partial charge in [0.25, 0.3) is 0 Å². The average molecular weight is 640 g/mol. The number of carbonyl (C=O) groups is 3. The van der Waals surface area contributed by atoms with Crippen LogP contribution in [0.2, 0.25) is 0 Å². The van der Waals surface area contributed by atoms with E-state index in [1.165, 1.54) is 12.1 Å². The van der Waals surface area contributed by atoms with Gasteiger partial charge in [0.05, 0.1) is 11.1 Å². The van der Waals surface area contributed by atoms with E-state index in [0.717, 1.165) is 70.1 Å². The number of carbonyl (C=O) groups excluding carboxylic acids is 3. The topological polar surface area (TPSA) is 154 Å². The fourth-order valence-corrected chi connectivity index (χ4v) is 5.71. The molecule has 2 aromatic carbocycles. The number of benzene rings is 2. The zero-order chi connectivity index (χ0) is 33.8. The highest BCUT2D eigenvalue weighted by atomic mass is 16.6. The zero-order valence-corrected chi connectivity index (χ0v) is 27.4. The van der Waals surface area contributed by atoms with Crippen LogP contribution in [0, 0.1) is 11.8 Å². The molecule has 0 fully saturated rings. The molecule has 46 heavy (non-hydrogen) atoms. The Morgan fingerprint density at radius 2 is 1.46 bits per heavy atom. The van der Waals surface area contributed by atoms with Crippen LogP contribution in [0.3, 0.4) is 0 Å². The molecule has 0 saturated heterocycles. The van der Waals surface area contributed by atoms with Crippen molar-refractivity contribution in [3.8, 4) is 5.75 Å². The minimum absolute atomic E-state index is 0.00852. The molecule has 3 rings (SSSR count). The summed E-state index contributed by atoms with van der Waals surface area (Å²) < 4.78 is 9.86. The van der Waals surface area contributed by atoms with Gasteiger partial charge in [-0.3, -0.25) is 4.79 Å². The number of unbranched alkanes of at least 4 members (excludes halogenated alkanes) is 2. The smallest absolute Gasteiger partial charge is 0.377 e. The number of rotatable bonds is 19. The first kappa shape index (κ1) is 36.4. The quantitative estimate of drug-likeness (QED) is 0.0972. The van der Waals surface area contributed by atoms with Gasteiger partial charge in [-0.2, -0.15) is 0 Å². The van der Waals surface area contributed by atoms with E-state index in [1.807, 2.05) is 6.07 Å². The molecule has 4 unspecified atom stereocenters. The Morgan fingerprint density at radius 3 is 1.96 bits per heavy atom. The van der Waals surface area contributed by atoms with E-state index in [4.69, 9.17) is 9.47 Å². The molecule has 10 nitrogen and oxygen atoms in total. The second-order valence-electron chi connectivity index (χ2n) is 12.0. The molecule has 0 saturated carbocycles. The number of phenolic OH excluding ortho intramolecular Hbond substituents is 1. The number of hydrogen-bond acceptors (Lipinski definition) is 10. The van der Waals surface area contributed by atoms with E-state index in [0.29, 0.717) is 11.8 Å². The number of ketones is 1. The van der Waals surface area contributed by atoms with E-state index >= 15 is 0 Å². The lowest BCUT2D eigenvalue weighted by atomic mass is 9.94. The van der Waals surface area contributed by atoms with Gasteiger partial charge in [-0.1, -0.05) is 84.4 Å². The molecule has 0 amide bonds. The third-order valence-corrected chi connectivity index (χ3v) is 8.70. The molecule has 252 valence electrons. The largest absolute Gasteiger partial charge is 0.507 e. The summed E-state index contributed by atoms with van der Waals surface area (Å²) in [6.45, 7) is 9.85. The van der Waals surface area contributed by atoms with E-state index in [2.05, 4.69) is 32.6 Å². The van der Waals surface area contributed by atoms with Crippen molar-refractivity contribution in [2.45, 2.75) is 91.3 Å². The van der Waals surface area contributed by atoms with Crippen LogP contribution in [0.1, 0.15) is 105 Å². The van der Waals surface area contributed by atoms with Crippen molar-refractivity contribution in [1.82, 2.24) is 0 Å². The minimum atomic E-state index is -1.66. The Kier molecular flexibility index (Phi) is 13.9. The summed E-state index contributed by atoms with van der Waals surface area (Å²) in [5.74, 6) is -3.80. The van der Waals surface area contributed by atoms with Crippen molar-refractivity contribution < 1.29 is 44.3 Å². The third kappa shape index (κ3) is 9.25. The number of cyclic esters (lactones) is 1. The van der Waals surface area contributed by atoms with E-state index in [-0.39, 0.29) is 22.4 Å². The molecule has 1 heterocycles. The molecular formula is C36H49NO9. The van der Waals surface area contributed by atoms with Gasteiger partial charge in [0.15, 0.2) is 17.6 Å². The number of aliphatic hydroxyl groups excluding tert-OH is 3. The second kappa shape index (κ2) is 17.6. The number of ether oxygens (including phenoxy) is 2. The standard InChI is InChI=1S/C36H49NO9/c1-5-9-13-23(7-3)20-37(21-24(8-4)14-10-6-2)25-17-18-28(29(38)19-25)31(40)26-15-11-12-16-27(26)35(43)45-22-30(39)34-32(41)33(42)36(44)46-34/h11-12,15-19,23-24,30,34,38-39,41-42H,5-10,13-14,20-22H2,1-4H3. The Labute approximate surface area is 271 Å². The van der Waals surface area contributed by atoms with Gasteiger partial charge >= 0.3 is 11.9 Å². The number of phenols is 1. The van der Waals surface area contributed by atoms with Crippen molar-refractivity contribution in [2.75, 3.05) is 24.6 Å². The predicted molar refractivity (Wildman–Crippen MR) is 175 cm³/mol. The first-order chi connectivity index (χ1) is 22.1. The summed E-state index contributed by atoms with van der Waals surface area (Å²) in [6.07, 6.45) is 5.72. The molecule has 1 aliphatic rings. The van der Waals surface area contributed by atoms with Crippen LogP contribution in [0.4, 0.5) is 5.69 Å². The van der Waals surface area contributed by atoms with Gasteiger partial charge in [-0.05, 0) is 42.9 Å². The maximum absolute atomic E-state index is 13.7. The Balaban J connectivity index is 1.82. The molecule has 0 aromatic heterocycles. The number of nitrogens with zero attached hydrogens (tertiary/aromatic N) is 1. The van der Waals surface area contributed by atoms with Crippen LogP contribution in [0.25, 0.3) is 0 Å². The molecule has 4 N–H and O–H groups in total. The number of hydrogen-bond donors (Lipinski definition) is 4. The second-order valence-corrected chi connectivity index (χ2v) is 12.0. The molecular weight excluding hydrogens is 590 g/mol. The summed E-state index contributed by atoms with van der Waals surface area (Å²) in [6, 6.07) is 11.0. The van der Waals surface area contributed by atoms with Crippen molar-refractivity contribution in [3.63, 3.8) is 0 Å². The lowest BCUT2D eigenvalue weighted by Crippen LogP contribution is -2.34. The van der Waals surface area contributed by atoms with Crippen LogP contribution in [0.15, 0.2) is 54.0 Å². The fraction of sp³-hybridized carbons (Fsp3) is 0.528. The van der Waals surface area contributed by atoms with Gasteiger partial charge in [0.1, 0.15) is 18.5 Å². The summed E-state index contributed by atoms with van der Waals surface area (Å²) in [5.41, 5.74) is 0.769. The van der Waals surface area contributed by atoms with Crippen molar-refractivity contribution in [1.29, 1.82) is 0 Å². The van der Waals surface area contributed by atoms with E-state index in [1.54, 1.807) is 24.3 Å². The maximum atomic E-state index is 13.7. The predicted octanol–water partition coefficient (Wildman–Crippen LogP) is 6.63. The number of aromatic hydroxyl groups is 1. The van der Waals surface area contributed by atoms with Gasteiger partial charge in [0.2, 0.25) is 5.76 Å². The maximum Gasteiger partial charge on any atom is 0.377 e. The number of aliphatic hydroxyl groups is 3. The van der Waals surface area contributed by atoms with Gasteiger partial charge in [-0.25, -0.2) is 9.59 Å². The van der Waals surface area contributed by atoms with Crippen LogP contribution >= 0.6 is 0 Å². The third-order valence-electron chi connectivity index (χ3n) is 8.70. The molecule has 0 spiro atoms. The Hall–Kier alpha value is -4.05. The monoisotopic (exact) mass is 639 g/mol. The van der Waals surface area contributed by atoms with Crippen LogP contribution in [-0.2, 0) is 14.3 Å². The summed E-state index contributed by atoms with van der Waals surface area (Å²) in [7, 11) is 0. The van der Waals surface area contributed by atoms with Gasteiger partial charge in [0, 0.05) is 30.4 Å². The summed E-state index contributed by atoms with van der Waals surface area (Å²) in [5, 5.41) is 40.7. The zero-order valence-electron chi connectivity index (χ0n) is 27.4. The lowest BCUT2D eigenvalue weighted by Gasteiger charge is -2.33. The first-order valence-corrected chi connectivity index (χ1v) is 16.5. The van der Waals surface area contributed by atoms with E-state index < -0.39 is 48.1 Å². The van der Waals surface area contributed by atoms with Gasteiger partial charge < -0.3 is 34.8 Å². The first-order valence-electron chi connectivity index (χ1n) is 16.5. The molecule has 2 aromatic rings. The van der Waals surface area contributed by atoms with Crippen LogP contribution in [0.5, 0.6) is 5.75 Å². The van der Waals surface area contributed by atoms with Crippen molar-refractivity contribution in [2.24, 2.45) is 11.8 Å². The highest BCUT2D eigenvalue weighted by molar-refractivity contribution is 6.15. The number of anilines is 1. The molecule has 0 aliphatic carbocycles. The van der Waals surface area contributed by atoms with Crippen LogP contribution < -0.4 is 4.90 Å².